The number of nitrogens with zero attached hydrogens (tertiary/aromatic N) is 2. The molecule has 6 heteroatoms. The summed E-state index contributed by atoms with van der Waals surface area (Å²) >= 11 is 1.45. The van der Waals surface area contributed by atoms with E-state index in [1.54, 1.807) is 23.1 Å². The summed E-state index contributed by atoms with van der Waals surface area (Å²) in [5.74, 6) is 0.433. The van der Waals surface area contributed by atoms with Crippen molar-refractivity contribution in [3.05, 3.63) is 35.6 Å². The highest BCUT2D eigenvalue weighted by atomic mass is 32.2. The lowest BCUT2D eigenvalue weighted by atomic mass is 10.2. The molecule has 0 radical (unpaired) electrons. The number of carbonyl (C=O) groups excluding carboxylic acids is 2. The van der Waals surface area contributed by atoms with Crippen LogP contribution in [0.15, 0.2) is 24.3 Å². The van der Waals surface area contributed by atoms with Gasteiger partial charge in [-0.25, -0.2) is 4.39 Å². The minimum absolute atomic E-state index is 0.0100. The quantitative estimate of drug-likeness (QED) is 0.792. The number of hydrogen-bond acceptors (Lipinski definition) is 3. The van der Waals surface area contributed by atoms with Crippen LogP contribution >= 0.6 is 11.8 Å². The van der Waals surface area contributed by atoms with E-state index in [-0.39, 0.29) is 35.0 Å². The Hall–Kier alpha value is -1.56. The first-order valence-electron chi connectivity index (χ1n) is 8.45. The Balaban J connectivity index is 1.70. The van der Waals surface area contributed by atoms with Crippen LogP contribution in [0.5, 0.6) is 0 Å². The SMILES string of the molecule is CC(C)N(CCN1C(=O)CS[C@@H]1c1ccccc1F)C(=O)C1CC1. The van der Waals surface area contributed by atoms with Gasteiger partial charge in [-0.3, -0.25) is 9.59 Å². The number of benzene rings is 1. The van der Waals surface area contributed by atoms with Gasteiger partial charge in [0.15, 0.2) is 0 Å². The predicted octanol–water partition coefficient (Wildman–Crippen LogP) is 3.05. The Morgan fingerprint density at radius 3 is 2.71 bits per heavy atom. The van der Waals surface area contributed by atoms with E-state index in [9.17, 15) is 14.0 Å². The zero-order valence-corrected chi connectivity index (χ0v) is 14.9. The predicted molar refractivity (Wildman–Crippen MR) is 92.9 cm³/mol. The number of halogens is 1. The number of amides is 2. The molecule has 0 aromatic heterocycles. The average Bonchev–Trinajstić information content (AvgIpc) is 3.33. The van der Waals surface area contributed by atoms with Gasteiger partial charge >= 0.3 is 0 Å². The second-order valence-corrected chi connectivity index (χ2v) is 7.74. The average molecular weight is 350 g/mol. The van der Waals surface area contributed by atoms with E-state index < -0.39 is 0 Å². The molecular formula is C18H23FN2O2S. The molecule has 1 saturated carbocycles. The minimum Gasteiger partial charge on any atom is -0.338 e. The van der Waals surface area contributed by atoms with E-state index in [1.165, 1.54) is 17.8 Å². The van der Waals surface area contributed by atoms with Crippen LogP contribution in [0.25, 0.3) is 0 Å². The lowest BCUT2D eigenvalue weighted by molar-refractivity contribution is -0.136. The number of thioether (sulfide) groups is 1. The topological polar surface area (TPSA) is 40.6 Å². The van der Waals surface area contributed by atoms with Crippen molar-refractivity contribution in [2.45, 2.75) is 38.1 Å². The van der Waals surface area contributed by atoms with Crippen LogP contribution < -0.4 is 0 Å². The summed E-state index contributed by atoms with van der Waals surface area (Å²) in [6.07, 6.45) is 1.94. The summed E-state index contributed by atoms with van der Waals surface area (Å²) < 4.78 is 14.1. The Morgan fingerprint density at radius 2 is 2.08 bits per heavy atom. The molecule has 0 unspecified atom stereocenters. The first-order valence-corrected chi connectivity index (χ1v) is 9.50. The van der Waals surface area contributed by atoms with Crippen molar-refractivity contribution >= 4 is 23.6 Å². The molecule has 0 bridgehead atoms. The van der Waals surface area contributed by atoms with Gasteiger partial charge in [0.25, 0.3) is 0 Å². The second-order valence-electron chi connectivity index (χ2n) is 6.67. The van der Waals surface area contributed by atoms with Crippen LogP contribution in [0.4, 0.5) is 4.39 Å². The molecule has 1 heterocycles. The van der Waals surface area contributed by atoms with Crippen LogP contribution in [0, 0.1) is 11.7 Å². The molecule has 2 fully saturated rings. The zero-order chi connectivity index (χ0) is 17.3. The van der Waals surface area contributed by atoms with E-state index in [0.29, 0.717) is 24.4 Å². The van der Waals surface area contributed by atoms with Crippen LogP contribution in [0.1, 0.15) is 37.6 Å². The van der Waals surface area contributed by atoms with Crippen LogP contribution in [-0.2, 0) is 9.59 Å². The van der Waals surface area contributed by atoms with E-state index in [1.807, 2.05) is 18.7 Å². The van der Waals surface area contributed by atoms with Crippen molar-refractivity contribution in [1.29, 1.82) is 0 Å². The summed E-state index contributed by atoms with van der Waals surface area (Å²) in [4.78, 5) is 28.2. The Kier molecular flexibility index (Phi) is 5.13. The van der Waals surface area contributed by atoms with Gasteiger partial charge in [-0.05, 0) is 32.8 Å². The molecule has 2 aliphatic rings. The molecule has 0 N–H and O–H groups in total. The molecule has 1 saturated heterocycles. The van der Waals surface area contributed by atoms with Crippen LogP contribution in [-0.4, -0.2) is 46.5 Å². The number of rotatable bonds is 6. The molecule has 1 aliphatic carbocycles. The minimum atomic E-state index is -0.302. The van der Waals surface area contributed by atoms with Crippen molar-refractivity contribution in [1.82, 2.24) is 9.80 Å². The smallest absolute Gasteiger partial charge is 0.233 e. The maximum Gasteiger partial charge on any atom is 0.233 e. The first-order chi connectivity index (χ1) is 11.5. The molecule has 1 aromatic rings. The first kappa shape index (κ1) is 17.3. The van der Waals surface area contributed by atoms with Gasteiger partial charge in [0.2, 0.25) is 11.8 Å². The molecule has 1 aromatic carbocycles. The van der Waals surface area contributed by atoms with Crippen molar-refractivity contribution in [2.75, 3.05) is 18.8 Å². The lowest BCUT2D eigenvalue weighted by Gasteiger charge is -2.31. The fraction of sp³-hybridized carbons (Fsp3) is 0.556. The van der Waals surface area contributed by atoms with E-state index in [4.69, 9.17) is 0 Å². The monoisotopic (exact) mass is 350 g/mol. The molecule has 1 atom stereocenters. The van der Waals surface area contributed by atoms with Gasteiger partial charge in [-0.15, -0.1) is 11.8 Å². The maximum absolute atomic E-state index is 14.1. The van der Waals surface area contributed by atoms with E-state index in [0.717, 1.165) is 12.8 Å². The molecule has 24 heavy (non-hydrogen) atoms. The summed E-state index contributed by atoms with van der Waals surface area (Å²) in [6.45, 7) is 4.94. The second kappa shape index (κ2) is 7.13. The molecule has 2 amide bonds. The van der Waals surface area contributed by atoms with Gasteiger partial charge in [0.1, 0.15) is 11.2 Å². The third-order valence-corrected chi connectivity index (χ3v) is 5.79. The third kappa shape index (κ3) is 3.58. The molecule has 4 nitrogen and oxygen atoms in total. The Morgan fingerprint density at radius 1 is 1.38 bits per heavy atom. The highest BCUT2D eigenvalue weighted by Gasteiger charge is 2.37. The highest BCUT2D eigenvalue weighted by molar-refractivity contribution is 8.00. The fourth-order valence-electron chi connectivity index (χ4n) is 3.03. The van der Waals surface area contributed by atoms with Crippen LogP contribution in [0.3, 0.4) is 0 Å². The molecule has 0 spiro atoms. The van der Waals surface area contributed by atoms with Crippen molar-refractivity contribution in [2.24, 2.45) is 5.92 Å². The third-order valence-electron chi connectivity index (χ3n) is 4.55. The van der Waals surface area contributed by atoms with Gasteiger partial charge in [0, 0.05) is 30.6 Å². The summed E-state index contributed by atoms with van der Waals surface area (Å²) in [6, 6.07) is 6.70. The Labute approximate surface area is 146 Å². The normalized spacial score (nSPS) is 20.8. The zero-order valence-electron chi connectivity index (χ0n) is 14.1. The van der Waals surface area contributed by atoms with Crippen LogP contribution in [0.2, 0.25) is 0 Å². The molecule has 1 aliphatic heterocycles. The summed E-state index contributed by atoms with van der Waals surface area (Å²) in [7, 11) is 0. The standard InChI is InChI=1S/C18H23FN2O2S/c1-12(2)20(17(23)13-7-8-13)9-10-21-16(22)11-24-18(21)14-5-3-4-6-15(14)19/h3-6,12-13,18H,7-11H2,1-2H3/t18-/m1/s1. The largest absolute Gasteiger partial charge is 0.338 e. The lowest BCUT2D eigenvalue weighted by Crippen LogP contribution is -2.44. The van der Waals surface area contributed by atoms with Gasteiger partial charge < -0.3 is 9.80 Å². The molecule has 3 rings (SSSR count). The van der Waals surface area contributed by atoms with Crippen molar-refractivity contribution in [3.63, 3.8) is 0 Å². The maximum atomic E-state index is 14.1. The van der Waals surface area contributed by atoms with Gasteiger partial charge in [-0.2, -0.15) is 0 Å². The van der Waals surface area contributed by atoms with Gasteiger partial charge in [-0.1, -0.05) is 18.2 Å². The van der Waals surface area contributed by atoms with Gasteiger partial charge in [0.05, 0.1) is 5.75 Å². The molecular weight excluding hydrogens is 327 g/mol. The summed E-state index contributed by atoms with van der Waals surface area (Å²) in [5.41, 5.74) is 0.540. The van der Waals surface area contributed by atoms with E-state index >= 15 is 0 Å². The fourth-order valence-corrected chi connectivity index (χ4v) is 4.27. The summed E-state index contributed by atoms with van der Waals surface area (Å²) in [5, 5.41) is -0.302. The number of carbonyl (C=O) groups is 2. The molecule has 130 valence electrons. The number of hydrogen-bond donors (Lipinski definition) is 0. The van der Waals surface area contributed by atoms with Crippen molar-refractivity contribution in [3.8, 4) is 0 Å². The highest BCUT2D eigenvalue weighted by Crippen LogP contribution is 2.39. The Bertz CT molecular complexity index is 633. The van der Waals surface area contributed by atoms with Crippen molar-refractivity contribution < 1.29 is 14.0 Å². The van der Waals surface area contributed by atoms with E-state index in [2.05, 4.69) is 0 Å².